The molecule has 1 heterocycles. The zero-order valence-electron chi connectivity index (χ0n) is 10.5. The Labute approximate surface area is 126 Å². The van der Waals surface area contributed by atoms with Gasteiger partial charge in [-0.2, -0.15) is 5.26 Å². The van der Waals surface area contributed by atoms with Crippen LogP contribution in [0.4, 0.5) is 0 Å². The van der Waals surface area contributed by atoms with E-state index in [1.54, 1.807) is 11.3 Å². The lowest BCUT2D eigenvalue weighted by atomic mass is 9.69. The molecule has 1 aliphatic rings. The van der Waals surface area contributed by atoms with Gasteiger partial charge < -0.3 is 0 Å². The van der Waals surface area contributed by atoms with Crippen molar-refractivity contribution < 1.29 is 0 Å². The molecule has 0 aliphatic heterocycles. The van der Waals surface area contributed by atoms with Gasteiger partial charge in [0.1, 0.15) is 0 Å². The van der Waals surface area contributed by atoms with E-state index < -0.39 is 0 Å². The first-order chi connectivity index (χ1) is 9.23. The van der Waals surface area contributed by atoms with E-state index in [1.807, 2.05) is 0 Å². The van der Waals surface area contributed by atoms with E-state index >= 15 is 0 Å². The molecule has 1 aromatic carbocycles. The summed E-state index contributed by atoms with van der Waals surface area (Å²) in [5, 5.41) is 9.80. The molecule has 1 unspecified atom stereocenters. The minimum atomic E-state index is -0.334. The maximum Gasteiger partial charge on any atom is 0.0873 e. The Bertz CT molecular complexity index is 640. The Balaban J connectivity index is 2.03. The molecule has 3 rings (SSSR count). The van der Waals surface area contributed by atoms with Gasteiger partial charge in [-0.1, -0.05) is 24.3 Å². The molecule has 2 aromatic rings. The summed E-state index contributed by atoms with van der Waals surface area (Å²) in [6, 6.07) is 15.3. The molecule has 0 saturated heterocycles. The average Bonchev–Trinajstić information content (AvgIpc) is 2.84. The van der Waals surface area contributed by atoms with Crippen LogP contribution < -0.4 is 0 Å². The number of nitriles is 1. The molecule has 0 saturated carbocycles. The lowest BCUT2D eigenvalue weighted by molar-refractivity contribution is 0.453. The van der Waals surface area contributed by atoms with Crippen LogP contribution in [0, 0.1) is 11.3 Å². The molecule has 19 heavy (non-hydrogen) atoms. The molecule has 1 atom stereocenters. The quantitative estimate of drug-likeness (QED) is 0.771. The van der Waals surface area contributed by atoms with Crippen molar-refractivity contribution in [3.05, 3.63) is 56.2 Å². The van der Waals surface area contributed by atoms with Gasteiger partial charge in [-0.3, -0.25) is 0 Å². The molecule has 96 valence electrons. The van der Waals surface area contributed by atoms with Gasteiger partial charge in [0.15, 0.2) is 0 Å². The van der Waals surface area contributed by atoms with E-state index in [-0.39, 0.29) is 5.41 Å². The van der Waals surface area contributed by atoms with Crippen LogP contribution in [0.3, 0.4) is 0 Å². The highest BCUT2D eigenvalue weighted by molar-refractivity contribution is 9.11. The van der Waals surface area contributed by atoms with Crippen LogP contribution in [-0.4, -0.2) is 0 Å². The third kappa shape index (κ3) is 2.35. The Morgan fingerprint density at radius 2 is 2.11 bits per heavy atom. The molecule has 0 bridgehead atoms. The summed E-state index contributed by atoms with van der Waals surface area (Å²) in [6.45, 7) is 0. The van der Waals surface area contributed by atoms with Crippen LogP contribution >= 0.6 is 27.3 Å². The van der Waals surface area contributed by atoms with Crippen molar-refractivity contribution in [1.82, 2.24) is 0 Å². The fourth-order valence-electron chi connectivity index (χ4n) is 3.00. The van der Waals surface area contributed by atoms with Crippen LogP contribution in [0.15, 0.2) is 40.2 Å². The van der Waals surface area contributed by atoms with Gasteiger partial charge in [-0.15, -0.1) is 11.3 Å². The van der Waals surface area contributed by atoms with E-state index in [2.05, 4.69) is 58.4 Å². The van der Waals surface area contributed by atoms with Crippen LogP contribution in [-0.2, 0) is 18.3 Å². The van der Waals surface area contributed by atoms with Crippen molar-refractivity contribution in [2.24, 2.45) is 0 Å². The first-order valence-electron chi connectivity index (χ1n) is 6.47. The molecule has 0 N–H and O–H groups in total. The largest absolute Gasteiger partial charge is 0.197 e. The summed E-state index contributed by atoms with van der Waals surface area (Å²) in [7, 11) is 0. The number of hydrogen-bond acceptors (Lipinski definition) is 2. The summed E-state index contributed by atoms with van der Waals surface area (Å²) in [6.07, 6.45) is 4.01. The normalized spacial score (nSPS) is 21.7. The Morgan fingerprint density at radius 1 is 1.26 bits per heavy atom. The van der Waals surface area contributed by atoms with Crippen molar-refractivity contribution in [1.29, 1.82) is 5.26 Å². The van der Waals surface area contributed by atoms with Gasteiger partial charge in [-0.25, -0.2) is 0 Å². The van der Waals surface area contributed by atoms with Gasteiger partial charge in [0.2, 0.25) is 0 Å². The van der Waals surface area contributed by atoms with Crippen molar-refractivity contribution in [2.45, 2.75) is 31.1 Å². The van der Waals surface area contributed by atoms with Gasteiger partial charge in [0.05, 0.1) is 15.3 Å². The van der Waals surface area contributed by atoms with E-state index in [0.717, 1.165) is 29.5 Å². The molecule has 0 spiro atoms. The molecular formula is C16H14BrNS. The van der Waals surface area contributed by atoms with Gasteiger partial charge >= 0.3 is 0 Å². The summed E-state index contributed by atoms with van der Waals surface area (Å²) < 4.78 is 1.14. The highest BCUT2D eigenvalue weighted by Crippen LogP contribution is 2.41. The van der Waals surface area contributed by atoms with Gasteiger partial charge in [0.25, 0.3) is 0 Å². The molecule has 0 fully saturated rings. The zero-order valence-corrected chi connectivity index (χ0v) is 12.9. The zero-order chi connectivity index (χ0) is 13.3. The Morgan fingerprint density at radius 3 is 2.84 bits per heavy atom. The van der Waals surface area contributed by atoms with Crippen molar-refractivity contribution in [3.8, 4) is 6.07 Å². The summed E-state index contributed by atoms with van der Waals surface area (Å²) in [4.78, 5) is 1.28. The van der Waals surface area contributed by atoms with E-state index in [0.29, 0.717) is 0 Å². The van der Waals surface area contributed by atoms with Crippen molar-refractivity contribution >= 4 is 27.3 Å². The van der Waals surface area contributed by atoms with Crippen molar-refractivity contribution in [3.63, 3.8) is 0 Å². The molecule has 0 amide bonds. The minimum Gasteiger partial charge on any atom is -0.197 e. The monoisotopic (exact) mass is 331 g/mol. The number of fused-ring (bicyclic) bond motifs is 1. The molecule has 1 aliphatic carbocycles. The van der Waals surface area contributed by atoms with Crippen LogP contribution in [0.2, 0.25) is 0 Å². The maximum atomic E-state index is 9.80. The van der Waals surface area contributed by atoms with Crippen LogP contribution in [0.5, 0.6) is 0 Å². The van der Waals surface area contributed by atoms with E-state index in [9.17, 15) is 5.26 Å². The minimum absolute atomic E-state index is 0.334. The molecular weight excluding hydrogens is 318 g/mol. The number of rotatable bonds is 2. The van der Waals surface area contributed by atoms with Crippen LogP contribution in [0.25, 0.3) is 0 Å². The maximum absolute atomic E-state index is 9.80. The lowest BCUT2D eigenvalue weighted by Crippen LogP contribution is -2.31. The number of aryl methyl sites for hydroxylation is 1. The molecule has 1 aromatic heterocycles. The first kappa shape index (κ1) is 12.9. The third-order valence-corrected chi connectivity index (χ3v) is 5.53. The highest BCUT2D eigenvalue weighted by atomic mass is 79.9. The van der Waals surface area contributed by atoms with Gasteiger partial charge in [-0.05, 0) is 58.5 Å². The summed E-state index contributed by atoms with van der Waals surface area (Å²) >= 11 is 5.24. The predicted molar refractivity (Wildman–Crippen MR) is 82.4 cm³/mol. The second-order valence-corrected chi connectivity index (χ2v) is 7.63. The van der Waals surface area contributed by atoms with Gasteiger partial charge in [0, 0.05) is 11.3 Å². The van der Waals surface area contributed by atoms with E-state index in [1.165, 1.54) is 16.0 Å². The molecule has 1 nitrogen and oxygen atoms in total. The number of nitrogens with zero attached hydrogens (tertiary/aromatic N) is 1. The average molecular weight is 332 g/mol. The second kappa shape index (κ2) is 5.11. The number of hydrogen-bond donors (Lipinski definition) is 0. The predicted octanol–water partition coefficient (Wildman–Crippen LogP) is 4.85. The highest BCUT2D eigenvalue weighted by Gasteiger charge is 2.37. The standard InChI is InChI=1S/C16H14BrNS/c17-15-8-7-13(19-15)10-16(11-18)9-3-5-12-4-1-2-6-14(12)16/h1-2,4,6-8H,3,5,9-10H2. The van der Waals surface area contributed by atoms with Crippen molar-refractivity contribution in [2.75, 3.05) is 0 Å². The SMILES string of the molecule is N#CC1(Cc2ccc(Br)s2)CCCc2ccccc21. The van der Waals surface area contributed by atoms with Crippen LogP contribution in [0.1, 0.15) is 28.8 Å². The Kier molecular flexibility index (Phi) is 3.47. The summed E-state index contributed by atoms with van der Waals surface area (Å²) in [5.41, 5.74) is 2.26. The topological polar surface area (TPSA) is 23.8 Å². The molecule has 3 heteroatoms. The molecule has 0 radical (unpaired) electrons. The Hall–Kier alpha value is -1.11. The number of thiophene rings is 1. The number of halogens is 1. The third-order valence-electron chi connectivity index (χ3n) is 3.90. The first-order valence-corrected chi connectivity index (χ1v) is 8.08. The van der Waals surface area contributed by atoms with E-state index in [4.69, 9.17) is 0 Å². The summed E-state index contributed by atoms with van der Waals surface area (Å²) in [5.74, 6) is 0. The smallest absolute Gasteiger partial charge is 0.0873 e. The lowest BCUT2D eigenvalue weighted by Gasteiger charge is -2.33. The second-order valence-electron chi connectivity index (χ2n) is 5.09. The number of benzene rings is 1. The fraction of sp³-hybridized carbons (Fsp3) is 0.312. The fourth-order valence-corrected chi connectivity index (χ4v) is 4.60.